The Labute approximate surface area is 106 Å². The molecule has 3 heteroatoms. The van der Waals surface area contributed by atoms with E-state index in [2.05, 4.69) is 0 Å². The van der Waals surface area contributed by atoms with Crippen molar-refractivity contribution in [1.29, 1.82) is 0 Å². The average molecular weight is 246 g/mol. The van der Waals surface area contributed by atoms with Crippen molar-refractivity contribution in [3.05, 3.63) is 59.9 Å². The molecule has 0 unspecified atom stereocenters. The Morgan fingerprint density at radius 3 is 2.56 bits per heavy atom. The number of hydrogen-bond acceptors (Lipinski definition) is 2. The Morgan fingerprint density at radius 1 is 1.06 bits per heavy atom. The van der Waals surface area contributed by atoms with E-state index in [0.29, 0.717) is 18.6 Å². The summed E-state index contributed by atoms with van der Waals surface area (Å²) in [7, 11) is 0. The first-order valence-corrected chi connectivity index (χ1v) is 5.92. The minimum atomic E-state index is -0.383. The number of ether oxygens (including phenoxy) is 1. The van der Waals surface area contributed by atoms with E-state index < -0.39 is 0 Å². The van der Waals surface area contributed by atoms with Crippen LogP contribution in [0.15, 0.2) is 48.5 Å². The van der Waals surface area contributed by atoms with Crippen molar-refractivity contribution in [3.8, 4) is 11.5 Å². The molecule has 0 aliphatic carbocycles. The van der Waals surface area contributed by atoms with Crippen LogP contribution in [0, 0.1) is 5.82 Å². The molecular weight excluding hydrogens is 231 g/mol. The molecule has 0 bridgehead atoms. The molecule has 0 radical (unpaired) electrons. The van der Waals surface area contributed by atoms with Gasteiger partial charge in [0.15, 0.2) is 11.6 Å². The number of aliphatic hydroxyl groups excluding tert-OH is 1. The fourth-order valence-electron chi connectivity index (χ4n) is 1.68. The number of aliphatic hydroxyl groups is 1. The highest BCUT2D eigenvalue weighted by molar-refractivity contribution is 5.35. The maximum Gasteiger partial charge on any atom is 0.165 e. The van der Waals surface area contributed by atoms with E-state index in [0.717, 1.165) is 5.56 Å². The Morgan fingerprint density at radius 2 is 1.83 bits per heavy atom. The quantitative estimate of drug-likeness (QED) is 0.874. The lowest BCUT2D eigenvalue weighted by atomic mass is 10.1. The molecule has 0 saturated carbocycles. The van der Waals surface area contributed by atoms with E-state index >= 15 is 0 Å². The second-order valence-electron chi connectivity index (χ2n) is 4.01. The molecule has 1 N–H and O–H groups in total. The third-order valence-electron chi connectivity index (χ3n) is 2.59. The molecule has 0 spiro atoms. The van der Waals surface area contributed by atoms with Gasteiger partial charge in [-0.1, -0.05) is 24.3 Å². The SMILES string of the molecule is OCCCc1ccc(F)c(Oc2ccccc2)c1. The Hall–Kier alpha value is -1.87. The van der Waals surface area contributed by atoms with Gasteiger partial charge in [0, 0.05) is 6.61 Å². The van der Waals surface area contributed by atoms with Crippen molar-refractivity contribution in [2.75, 3.05) is 6.61 Å². The smallest absolute Gasteiger partial charge is 0.165 e. The molecule has 0 fully saturated rings. The molecule has 2 rings (SSSR count). The molecule has 0 saturated heterocycles. The molecular formula is C15H15FO2. The van der Waals surface area contributed by atoms with Gasteiger partial charge in [-0.15, -0.1) is 0 Å². The molecule has 0 heterocycles. The lowest BCUT2D eigenvalue weighted by Crippen LogP contribution is -1.93. The van der Waals surface area contributed by atoms with Crippen molar-refractivity contribution in [2.45, 2.75) is 12.8 Å². The van der Waals surface area contributed by atoms with E-state index in [4.69, 9.17) is 9.84 Å². The molecule has 0 atom stereocenters. The first-order valence-electron chi connectivity index (χ1n) is 5.92. The highest BCUT2D eigenvalue weighted by atomic mass is 19.1. The zero-order valence-electron chi connectivity index (χ0n) is 9.97. The van der Waals surface area contributed by atoms with E-state index in [1.807, 2.05) is 18.2 Å². The van der Waals surface area contributed by atoms with E-state index in [1.165, 1.54) is 6.07 Å². The Bertz CT molecular complexity index is 497. The summed E-state index contributed by atoms with van der Waals surface area (Å²) in [6.07, 6.45) is 1.37. The van der Waals surface area contributed by atoms with Gasteiger partial charge in [-0.25, -0.2) is 4.39 Å². The maximum absolute atomic E-state index is 13.6. The van der Waals surface area contributed by atoms with Crippen molar-refractivity contribution < 1.29 is 14.2 Å². The maximum atomic E-state index is 13.6. The lowest BCUT2D eigenvalue weighted by Gasteiger charge is -2.08. The number of hydrogen-bond donors (Lipinski definition) is 1. The molecule has 0 amide bonds. The fraction of sp³-hybridized carbons (Fsp3) is 0.200. The molecule has 0 aliphatic rings. The predicted molar refractivity (Wildman–Crippen MR) is 68.3 cm³/mol. The molecule has 0 aromatic heterocycles. The van der Waals surface area contributed by atoms with Crippen molar-refractivity contribution in [2.24, 2.45) is 0 Å². The van der Waals surface area contributed by atoms with Gasteiger partial charge in [0.2, 0.25) is 0 Å². The van der Waals surface area contributed by atoms with Gasteiger partial charge in [-0.05, 0) is 42.7 Å². The molecule has 2 aromatic rings. The van der Waals surface area contributed by atoms with E-state index in [-0.39, 0.29) is 18.2 Å². The standard InChI is InChI=1S/C15H15FO2/c16-14-9-8-12(5-4-10-17)11-15(14)18-13-6-2-1-3-7-13/h1-3,6-9,11,17H,4-5,10H2. The van der Waals surface area contributed by atoms with Crippen LogP contribution >= 0.6 is 0 Å². The lowest BCUT2D eigenvalue weighted by molar-refractivity contribution is 0.288. The number of rotatable bonds is 5. The summed E-state index contributed by atoms with van der Waals surface area (Å²) < 4.78 is 19.1. The highest BCUT2D eigenvalue weighted by Gasteiger charge is 2.06. The second-order valence-corrected chi connectivity index (χ2v) is 4.01. The van der Waals surface area contributed by atoms with Crippen LogP contribution in [0.1, 0.15) is 12.0 Å². The summed E-state index contributed by atoms with van der Waals surface area (Å²) in [6.45, 7) is 0.131. The molecule has 94 valence electrons. The zero-order valence-corrected chi connectivity index (χ0v) is 9.97. The van der Waals surface area contributed by atoms with Gasteiger partial charge in [0.05, 0.1) is 0 Å². The summed E-state index contributed by atoms with van der Waals surface area (Å²) in [6, 6.07) is 13.9. The minimum Gasteiger partial charge on any atom is -0.454 e. The van der Waals surface area contributed by atoms with Crippen LogP contribution in [0.4, 0.5) is 4.39 Å². The van der Waals surface area contributed by atoms with Crippen molar-refractivity contribution in [1.82, 2.24) is 0 Å². The summed E-state index contributed by atoms with van der Waals surface area (Å²) in [5, 5.41) is 8.78. The van der Waals surface area contributed by atoms with E-state index in [9.17, 15) is 4.39 Å². The monoisotopic (exact) mass is 246 g/mol. The number of benzene rings is 2. The summed E-state index contributed by atoms with van der Waals surface area (Å²) in [5.41, 5.74) is 0.955. The van der Waals surface area contributed by atoms with Crippen LogP contribution in [-0.4, -0.2) is 11.7 Å². The van der Waals surface area contributed by atoms with Crippen LogP contribution in [0.5, 0.6) is 11.5 Å². The van der Waals surface area contributed by atoms with Crippen LogP contribution in [0.2, 0.25) is 0 Å². The Balaban J connectivity index is 2.16. The Kier molecular flexibility index (Phi) is 4.31. The first-order chi connectivity index (χ1) is 8.79. The molecule has 0 aliphatic heterocycles. The summed E-state index contributed by atoms with van der Waals surface area (Å²) >= 11 is 0. The summed E-state index contributed by atoms with van der Waals surface area (Å²) in [5.74, 6) is 0.443. The zero-order chi connectivity index (χ0) is 12.8. The third-order valence-corrected chi connectivity index (χ3v) is 2.59. The van der Waals surface area contributed by atoms with Gasteiger partial charge in [0.1, 0.15) is 5.75 Å². The van der Waals surface area contributed by atoms with Gasteiger partial charge >= 0.3 is 0 Å². The molecule has 2 nitrogen and oxygen atoms in total. The van der Waals surface area contributed by atoms with Crippen LogP contribution in [0.3, 0.4) is 0 Å². The normalized spacial score (nSPS) is 10.3. The first kappa shape index (κ1) is 12.6. The second kappa shape index (κ2) is 6.17. The van der Waals surface area contributed by atoms with Crippen LogP contribution in [0.25, 0.3) is 0 Å². The fourth-order valence-corrected chi connectivity index (χ4v) is 1.68. The van der Waals surface area contributed by atoms with Crippen LogP contribution < -0.4 is 4.74 Å². The van der Waals surface area contributed by atoms with Crippen molar-refractivity contribution in [3.63, 3.8) is 0 Å². The van der Waals surface area contributed by atoms with Gasteiger partial charge < -0.3 is 9.84 Å². The number of halogens is 1. The average Bonchev–Trinajstić information content (AvgIpc) is 2.41. The third kappa shape index (κ3) is 3.31. The summed E-state index contributed by atoms with van der Waals surface area (Å²) in [4.78, 5) is 0. The minimum absolute atomic E-state index is 0.131. The van der Waals surface area contributed by atoms with Gasteiger partial charge in [0.25, 0.3) is 0 Å². The van der Waals surface area contributed by atoms with Crippen LogP contribution in [-0.2, 0) is 6.42 Å². The largest absolute Gasteiger partial charge is 0.454 e. The number of aryl methyl sites for hydroxylation is 1. The predicted octanol–water partition coefficient (Wildman–Crippen LogP) is 3.54. The topological polar surface area (TPSA) is 29.5 Å². The van der Waals surface area contributed by atoms with E-state index in [1.54, 1.807) is 24.3 Å². The van der Waals surface area contributed by atoms with Gasteiger partial charge in [-0.2, -0.15) is 0 Å². The van der Waals surface area contributed by atoms with Crippen molar-refractivity contribution >= 4 is 0 Å². The number of para-hydroxylation sites is 1. The van der Waals surface area contributed by atoms with Gasteiger partial charge in [-0.3, -0.25) is 0 Å². The highest BCUT2D eigenvalue weighted by Crippen LogP contribution is 2.25. The molecule has 2 aromatic carbocycles. The molecule has 18 heavy (non-hydrogen) atoms.